The summed E-state index contributed by atoms with van der Waals surface area (Å²) in [6, 6.07) is 15.3. The van der Waals surface area contributed by atoms with Crippen molar-refractivity contribution in [1.82, 2.24) is 14.3 Å². The van der Waals surface area contributed by atoms with E-state index < -0.39 is 0 Å². The standard InChI is InChI=1S/C21H25N3/c1-2-20-16-24-15-19(8-9-21(24)22-20)18-10-12-23(13-11-18)14-17-6-4-3-5-7-17/h3-9,15-16,18H,2,10-14H2,1H3. The maximum atomic E-state index is 4.63. The largest absolute Gasteiger partial charge is 0.307 e. The van der Waals surface area contributed by atoms with Gasteiger partial charge in [0.1, 0.15) is 5.65 Å². The molecule has 3 heteroatoms. The molecule has 2 aromatic heterocycles. The number of hydrogen-bond donors (Lipinski definition) is 0. The van der Waals surface area contributed by atoms with Crippen LogP contribution in [0.1, 0.15) is 42.5 Å². The molecule has 0 amide bonds. The molecule has 0 unspecified atom stereocenters. The Kier molecular flexibility index (Phi) is 4.35. The fraction of sp³-hybridized carbons (Fsp3) is 0.381. The van der Waals surface area contributed by atoms with E-state index in [1.807, 2.05) is 0 Å². The van der Waals surface area contributed by atoms with Gasteiger partial charge in [-0.2, -0.15) is 0 Å². The summed E-state index contributed by atoms with van der Waals surface area (Å²) in [6.07, 6.45) is 7.94. The minimum Gasteiger partial charge on any atom is -0.307 e. The zero-order valence-corrected chi connectivity index (χ0v) is 14.4. The number of aromatic nitrogens is 2. The topological polar surface area (TPSA) is 20.5 Å². The first kappa shape index (κ1) is 15.4. The van der Waals surface area contributed by atoms with Crippen LogP contribution in [0.2, 0.25) is 0 Å². The molecular formula is C21H25N3. The van der Waals surface area contributed by atoms with Crippen LogP contribution in [-0.4, -0.2) is 27.4 Å². The second-order valence-electron chi connectivity index (χ2n) is 6.85. The minimum absolute atomic E-state index is 0.675. The van der Waals surface area contributed by atoms with E-state index in [0.717, 1.165) is 18.6 Å². The molecule has 1 aliphatic rings. The molecule has 0 atom stereocenters. The lowest BCUT2D eigenvalue weighted by Gasteiger charge is -2.32. The second kappa shape index (κ2) is 6.78. The normalized spacial score (nSPS) is 16.7. The summed E-state index contributed by atoms with van der Waals surface area (Å²) in [5, 5.41) is 0. The second-order valence-corrected chi connectivity index (χ2v) is 6.85. The SMILES string of the molecule is CCc1cn2cc(C3CCN(Cc4ccccc4)CC3)ccc2n1. The number of likely N-dealkylation sites (tertiary alicyclic amines) is 1. The predicted molar refractivity (Wildman–Crippen MR) is 98.3 cm³/mol. The number of rotatable bonds is 4. The molecule has 1 saturated heterocycles. The molecule has 3 nitrogen and oxygen atoms in total. The van der Waals surface area contributed by atoms with Crippen LogP contribution in [-0.2, 0) is 13.0 Å². The highest BCUT2D eigenvalue weighted by atomic mass is 15.1. The fourth-order valence-electron chi connectivity index (χ4n) is 3.74. The highest BCUT2D eigenvalue weighted by molar-refractivity contribution is 5.42. The quantitative estimate of drug-likeness (QED) is 0.715. The molecule has 124 valence electrons. The van der Waals surface area contributed by atoms with E-state index in [0.29, 0.717) is 5.92 Å². The molecule has 3 heterocycles. The van der Waals surface area contributed by atoms with Crippen LogP contribution in [0.15, 0.2) is 54.9 Å². The molecule has 0 aliphatic carbocycles. The summed E-state index contributed by atoms with van der Waals surface area (Å²) < 4.78 is 2.20. The Balaban J connectivity index is 1.42. The van der Waals surface area contributed by atoms with Gasteiger partial charge in [0.15, 0.2) is 0 Å². The van der Waals surface area contributed by atoms with Gasteiger partial charge in [0.25, 0.3) is 0 Å². The Morgan fingerprint density at radius 3 is 2.54 bits per heavy atom. The molecule has 3 aromatic rings. The molecule has 0 radical (unpaired) electrons. The number of hydrogen-bond acceptors (Lipinski definition) is 2. The third-order valence-corrected chi connectivity index (χ3v) is 5.19. The Labute approximate surface area is 143 Å². The summed E-state index contributed by atoms with van der Waals surface area (Å²) >= 11 is 0. The Hall–Kier alpha value is -2.13. The monoisotopic (exact) mass is 319 g/mol. The number of aryl methyl sites for hydroxylation is 1. The average molecular weight is 319 g/mol. The Bertz CT molecular complexity index is 798. The highest BCUT2D eigenvalue weighted by Crippen LogP contribution is 2.29. The van der Waals surface area contributed by atoms with E-state index in [-0.39, 0.29) is 0 Å². The van der Waals surface area contributed by atoms with Crippen molar-refractivity contribution < 1.29 is 0 Å². The molecule has 0 N–H and O–H groups in total. The van der Waals surface area contributed by atoms with Gasteiger partial charge < -0.3 is 4.40 Å². The minimum atomic E-state index is 0.675. The summed E-state index contributed by atoms with van der Waals surface area (Å²) in [5.41, 5.74) is 5.12. The van der Waals surface area contributed by atoms with Crippen molar-refractivity contribution in [2.45, 2.75) is 38.6 Å². The molecular weight excluding hydrogens is 294 g/mol. The summed E-state index contributed by atoms with van der Waals surface area (Å²) in [4.78, 5) is 7.21. The van der Waals surface area contributed by atoms with Crippen molar-refractivity contribution in [3.05, 3.63) is 71.7 Å². The molecule has 0 bridgehead atoms. The van der Waals surface area contributed by atoms with Crippen molar-refractivity contribution in [1.29, 1.82) is 0 Å². The third kappa shape index (κ3) is 3.22. The van der Waals surface area contributed by atoms with Gasteiger partial charge in [-0.3, -0.25) is 4.90 Å². The van der Waals surface area contributed by atoms with Crippen molar-refractivity contribution in [2.24, 2.45) is 0 Å². The summed E-state index contributed by atoms with van der Waals surface area (Å²) in [7, 11) is 0. The van der Waals surface area contributed by atoms with Gasteiger partial charge in [0.2, 0.25) is 0 Å². The molecule has 0 spiro atoms. The van der Waals surface area contributed by atoms with E-state index in [9.17, 15) is 0 Å². The Morgan fingerprint density at radius 2 is 1.79 bits per heavy atom. The number of fused-ring (bicyclic) bond motifs is 1. The molecule has 0 saturated carbocycles. The van der Waals surface area contributed by atoms with Crippen LogP contribution >= 0.6 is 0 Å². The first-order valence-corrected chi connectivity index (χ1v) is 9.05. The van der Waals surface area contributed by atoms with Crippen LogP contribution in [0, 0.1) is 0 Å². The number of imidazole rings is 1. The smallest absolute Gasteiger partial charge is 0.136 e. The van der Waals surface area contributed by atoms with Crippen LogP contribution in [0.3, 0.4) is 0 Å². The lowest BCUT2D eigenvalue weighted by molar-refractivity contribution is 0.204. The van der Waals surface area contributed by atoms with Gasteiger partial charge in [-0.15, -0.1) is 0 Å². The van der Waals surface area contributed by atoms with Gasteiger partial charge in [0, 0.05) is 18.9 Å². The van der Waals surface area contributed by atoms with E-state index in [4.69, 9.17) is 0 Å². The van der Waals surface area contributed by atoms with Crippen molar-refractivity contribution in [3.63, 3.8) is 0 Å². The van der Waals surface area contributed by atoms with Crippen LogP contribution in [0.5, 0.6) is 0 Å². The van der Waals surface area contributed by atoms with E-state index in [1.165, 1.54) is 42.8 Å². The molecule has 1 fully saturated rings. The van der Waals surface area contributed by atoms with Crippen LogP contribution < -0.4 is 0 Å². The van der Waals surface area contributed by atoms with Gasteiger partial charge in [-0.25, -0.2) is 4.98 Å². The van der Waals surface area contributed by atoms with Crippen molar-refractivity contribution in [3.8, 4) is 0 Å². The zero-order chi connectivity index (χ0) is 16.4. The van der Waals surface area contributed by atoms with Gasteiger partial charge in [0.05, 0.1) is 5.69 Å². The lowest BCUT2D eigenvalue weighted by atomic mass is 9.90. The number of benzene rings is 1. The summed E-state index contributed by atoms with van der Waals surface area (Å²) in [5.74, 6) is 0.675. The van der Waals surface area contributed by atoms with Gasteiger partial charge >= 0.3 is 0 Å². The van der Waals surface area contributed by atoms with E-state index in [1.54, 1.807) is 0 Å². The van der Waals surface area contributed by atoms with Crippen LogP contribution in [0.4, 0.5) is 0 Å². The number of nitrogens with zero attached hydrogens (tertiary/aromatic N) is 3. The molecule has 1 aromatic carbocycles. The average Bonchev–Trinajstić information content (AvgIpc) is 3.05. The summed E-state index contributed by atoms with van der Waals surface area (Å²) in [6.45, 7) is 5.60. The predicted octanol–water partition coefficient (Wildman–Crippen LogP) is 4.28. The first-order valence-electron chi connectivity index (χ1n) is 9.05. The lowest BCUT2D eigenvalue weighted by Crippen LogP contribution is -2.32. The van der Waals surface area contributed by atoms with E-state index in [2.05, 4.69) is 76.1 Å². The maximum absolute atomic E-state index is 4.63. The van der Waals surface area contributed by atoms with Crippen molar-refractivity contribution in [2.75, 3.05) is 13.1 Å². The van der Waals surface area contributed by atoms with Gasteiger partial charge in [-0.1, -0.05) is 43.3 Å². The fourth-order valence-corrected chi connectivity index (χ4v) is 3.74. The number of piperidine rings is 1. The molecule has 4 rings (SSSR count). The zero-order valence-electron chi connectivity index (χ0n) is 14.4. The number of pyridine rings is 1. The van der Waals surface area contributed by atoms with Gasteiger partial charge in [-0.05, 0) is 55.5 Å². The molecule has 1 aliphatic heterocycles. The first-order chi connectivity index (χ1) is 11.8. The van der Waals surface area contributed by atoms with Crippen LogP contribution in [0.25, 0.3) is 5.65 Å². The van der Waals surface area contributed by atoms with E-state index >= 15 is 0 Å². The Morgan fingerprint density at radius 1 is 1.00 bits per heavy atom. The molecule has 24 heavy (non-hydrogen) atoms. The third-order valence-electron chi connectivity index (χ3n) is 5.19. The van der Waals surface area contributed by atoms with Crippen molar-refractivity contribution >= 4 is 5.65 Å². The highest BCUT2D eigenvalue weighted by Gasteiger charge is 2.21. The maximum Gasteiger partial charge on any atom is 0.136 e.